The van der Waals surface area contributed by atoms with E-state index in [1.54, 1.807) is 0 Å². The molecule has 0 aliphatic carbocycles. The molecule has 0 fully saturated rings. The van der Waals surface area contributed by atoms with Crippen molar-refractivity contribution < 1.29 is 19.6 Å². The second-order valence-electron chi connectivity index (χ2n) is 4.42. The third kappa shape index (κ3) is 3.31. The van der Waals surface area contributed by atoms with Crippen molar-refractivity contribution in [3.63, 3.8) is 0 Å². The van der Waals surface area contributed by atoms with E-state index >= 15 is 0 Å². The third-order valence-corrected chi connectivity index (χ3v) is 3.15. The Morgan fingerprint density at radius 2 is 2.19 bits per heavy atom. The predicted molar refractivity (Wildman–Crippen MR) is 74.1 cm³/mol. The third-order valence-electron chi connectivity index (χ3n) is 2.54. The molecule has 0 radical (unpaired) electrons. The SMILES string of the molecule is CC(C)c1nsc(Oc2ccc([N+](=O)[O-])c(C(=O)O)c2)n1. The smallest absolute Gasteiger partial charge is 0.342 e. The summed E-state index contributed by atoms with van der Waals surface area (Å²) >= 11 is 1.03. The van der Waals surface area contributed by atoms with Gasteiger partial charge in [-0.25, -0.2) is 4.79 Å². The highest BCUT2D eigenvalue weighted by Gasteiger charge is 2.21. The molecule has 0 spiro atoms. The van der Waals surface area contributed by atoms with Crippen molar-refractivity contribution >= 4 is 23.2 Å². The molecule has 21 heavy (non-hydrogen) atoms. The molecule has 0 amide bonds. The van der Waals surface area contributed by atoms with Crippen LogP contribution in [0.4, 0.5) is 5.69 Å². The van der Waals surface area contributed by atoms with Crippen LogP contribution in [0.1, 0.15) is 35.9 Å². The summed E-state index contributed by atoms with van der Waals surface area (Å²) in [6.45, 7) is 3.86. The van der Waals surface area contributed by atoms with Crippen molar-refractivity contribution in [1.82, 2.24) is 9.36 Å². The number of hydrogen-bond acceptors (Lipinski definition) is 7. The maximum absolute atomic E-state index is 11.0. The van der Waals surface area contributed by atoms with Gasteiger partial charge in [-0.1, -0.05) is 13.8 Å². The highest BCUT2D eigenvalue weighted by molar-refractivity contribution is 7.07. The molecule has 0 aliphatic rings. The molecule has 8 nitrogen and oxygen atoms in total. The summed E-state index contributed by atoms with van der Waals surface area (Å²) in [4.78, 5) is 25.2. The Bertz CT molecular complexity index is 698. The molecule has 1 aromatic carbocycles. The van der Waals surface area contributed by atoms with Gasteiger partial charge in [-0.15, -0.1) is 0 Å². The molecule has 1 N–H and O–H groups in total. The standard InChI is InChI=1S/C12H11N3O5S/c1-6(2)10-13-12(21-14-10)20-7-3-4-9(15(18)19)8(5-7)11(16)17/h3-6H,1-2H3,(H,16,17). The van der Waals surface area contributed by atoms with Gasteiger partial charge in [0.2, 0.25) is 0 Å². The van der Waals surface area contributed by atoms with Crippen LogP contribution in [0.2, 0.25) is 0 Å². The largest absolute Gasteiger partial charge is 0.477 e. The van der Waals surface area contributed by atoms with E-state index in [1.165, 1.54) is 6.07 Å². The van der Waals surface area contributed by atoms with Crippen LogP contribution in [0.3, 0.4) is 0 Å². The van der Waals surface area contributed by atoms with Gasteiger partial charge < -0.3 is 9.84 Å². The molecule has 1 aromatic heterocycles. The van der Waals surface area contributed by atoms with Gasteiger partial charge in [0.25, 0.3) is 10.9 Å². The number of benzene rings is 1. The van der Waals surface area contributed by atoms with Gasteiger partial charge in [-0.3, -0.25) is 10.1 Å². The number of carboxylic acid groups (broad SMARTS) is 1. The van der Waals surface area contributed by atoms with Crippen molar-refractivity contribution in [3.8, 4) is 10.9 Å². The predicted octanol–water partition coefficient (Wildman–Crippen LogP) is 3.06. The lowest BCUT2D eigenvalue weighted by Crippen LogP contribution is -2.02. The maximum Gasteiger partial charge on any atom is 0.342 e. The van der Waals surface area contributed by atoms with E-state index < -0.39 is 22.1 Å². The number of hydrogen-bond donors (Lipinski definition) is 1. The van der Waals surface area contributed by atoms with E-state index in [0.29, 0.717) is 5.82 Å². The summed E-state index contributed by atoms with van der Waals surface area (Å²) < 4.78 is 9.49. The minimum atomic E-state index is -1.40. The first-order valence-electron chi connectivity index (χ1n) is 5.91. The van der Waals surface area contributed by atoms with Crippen LogP contribution in [0.25, 0.3) is 0 Å². The van der Waals surface area contributed by atoms with Crippen LogP contribution in [0, 0.1) is 10.1 Å². The molecule has 110 valence electrons. The topological polar surface area (TPSA) is 115 Å². The molecule has 0 aliphatic heterocycles. The fourth-order valence-electron chi connectivity index (χ4n) is 1.51. The van der Waals surface area contributed by atoms with Crippen molar-refractivity contribution in [2.45, 2.75) is 19.8 Å². The highest BCUT2D eigenvalue weighted by Crippen LogP contribution is 2.29. The van der Waals surface area contributed by atoms with Crippen molar-refractivity contribution in [2.24, 2.45) is 0 Å². The second-order valence-corrected chi connectivity index (χ2v) is 5.13. The summed E-state index contributed by atoms with van der Waals surface area (Å²) in [6, 6.07) is 3.50. The van der Waals surface area contributed by atoms with Crippen LogP contribution in [0.15, 0.2) is 18.2 Å². The molecule has 9 heteroatoms. The van der Waals surface area contributed by atoms with Crippen LogP contribution in [0.5, 0.6) is 10.9 Å². The summed E-state index contributed by atoms with van der Waals surface area (Å²) in [5, 5.41) is 20.0. The summed E-state index contributed by atoms with van der Waals surface area (Å²) in [5.41, 5.74) is -0.930. The zero-order valence-electron chi connectivity index (χ0n) is 11.1. The Hall–Kier alpha value is -2.55. The Kier molecular flexibility index (Phi) is 4.13. The number of aromatic nitrogens is 2. The van der Waals surface area contributed by atoms with Crippen molar-refractivity contribution in [1.29, 1.82) is 0 Å². The van der Waals surface area contributed by atoms with Gasteiger partial charge in [0, 0.05) is 29.6 Å². The first-order valence-corrected chi connectivity index (χ1v) is 6.69. The van der Waals surface area contributed by atoms with Gasteiger partial charge in [0.15, 0.2) is 0 Å². The summed E-state index contributed by atoms with van der Waals surface area (Å²) in [6.07, 6.45) is 0. The molecule has 0 saturated heterocycles. The first-order chi connectivity index (χ1) is 9.88. The lowest BCUT2D eigenvalue weighted by molar-refractivity contribution is -0.385. The quantitative estimate of drug-likeness (QED) is 0.666. The lowest BCUT2D eigenvalue weighted by Gasteiger charge is -2.03. The van der Waals surface area contributed by atoms with Crippen molar-refractivity contribution in [3.05, 3.63) is 39.7 Å². The van der Waals surface area contributed by atoms with Crippen LogP contribution in [-0.4, -0.2) is 25.4 Å². The highest BCUT2D eigenvalue weighted by atomic mass is 32.1. The van der Waals surface area contributed by atoms with Gasteiger partial charge in [0.05, 0.1) is 4.92 Å². The number of nitro groups is 1. The normalized spacial score (nSPS) is 10.6. The Morgan fingerprint density at radius 1 is 1.48 bits per heavy atom. The molecule has 2 rings (SSSR count). The minimum Gasteiger partial charge on any atom is -0.477 e. The molecule has 2 aromatic rings. The second kappa shape index (κ2) is 5.83. The van der Waals surface area contributed by atoms with Crippen LogP contribution in [-0.2, 0) is 0 Å². The van der Waals surface area contributed by atoms with Gasteiger partial charge in [-0.2, -0.15) is 9.36 Å². The van der Waals surface area contributed by atoms with Gasteiger partial charge in [-0.05, 0) is 6.07 Å². The van der Waals surface area contributed by atoms with E-state index in [0.717, 1.165) is 23.7 Å². The van der Waals surface area contributed by atoms with Gasteiger partial charge in [0.1, 0.15) is 17.1 Å². The summed E-state index contributed by atoms with van der Waals surface area (Å²) in [7, 11) is 0. The number of aromatic carboxylic acids is 1. The Balaban J connectivity index is 2.30. The van der Waals surface area contributed by atoms with E-state index in [9.17, 15) is 14.9 Å². The first kappa shape index (κ1) is 14.9. The number of rotatable bonds is 5. The fraction of sp³-hybridized carbons (Fsp3) is 0.250. The average Bonchev–Trinajstić information content (AvgIpc) is 2.87. The summed E-state index contributed by atoms with van der Waals surface area (Å²) in [5.74, 6) is -0.475. The number of ether oxygens (including phenoxy) is 1. The van der Waals surface area contributed by atoms with Crippen LogP contribution < -0.4 is 4.74 Å². The monoisotopic (exact) mass is 309 g/mol. The van der Waals surface area contributed by atoms with Gasteiger partial charge >= 0.3 is 5.97 Å². The van der Waals surface area contributed by atoms with Crippen molar-refractivity contribution in [2.75, 3.05) is 0 Å². The van der Waals surface area contributed by atoms with E-state index in [2.05, 4.69) is 9.36 Å². The minimum absolute atomic E-state index is 0.144. The number of carbonyl (C=O) groups is 1. The number of nitrogens with zero attached hydrogens (tertiary/aromatic N) is 3. The number of nitro benzene ring substituents is 1. The van der Waals surface area contributed by atoms with Crippen LogP contribution >= 0.6 is 11.5 Å². The Morgan fingerprint density at radius 3 is 2.71 bits per heavy atom. The molecule has 0 unspecified atom stereocenters. The average molecular weight is 309 g/mol. The van der Waals surface area contributed by atoms with E-state index in [-0.39, 0.29) is 16.9 Å². The number of carboxylic acids is 1. The molecule has 1 heterocycles. The van der Waals surface area contributed by atoms with E-state index in [4.69, 9.17) is 9.84 Å². The van der Waals surface area contributed by atoms with E-state index in [1.807, 2.05) is 13.8 Å². The maximum atomic E-state index is 11.0. The fourth-order valence-corrected chi connectivity index (χ4v) is 2.20. The zero-order chi connectivity index (χ0) is 15.6. The molecule has 0 atom stereocenters. The zero-order valence-corrected chi connectivity index (χ0v) is 12.0. The molecular formula is C12H11N3O5S. The molecule has 0 bridgehead atoms. The molecule has 0 saturated carbocycles. The molecular weight excluding hydrogens is 298 g/mol. The Labute approximate surface area is 123 Å². The lowest BCUT2D eigenvalue weighted by atomic mass is 10.2.